The number of rotatable bonds is 3. The van der Waals surface area contributed by atoms with Crippen molar-refractivity contribution in [1.29, 1.82) is 0 Å². The molecular weight excluding hydrogens is 370 g/mol. The van der Waals surface area contributed by atoms with Gasteiger partial charge in [-0.05, 0) is 12.1 Å². The number of aryl methyl sites for hydroxylation is 2. The Bertz CT molecular complexity index is 1260. The van der Waals surface area contributed by atoms with Crippen LogP contribution >= 0.6 is 0 Å². The van der Waals surface area contributed by atoms with E-state index in [-0.39, 0.29) is 22.3 Å². The molecule has 0 fully saturated rings. The van der Waals surface area contributed by atoms with Gasteiger partial charge in [-0.2, -0.15) is 0 Å². The molecule has 1 aliphatic rings. The van der Waals surface area contributed by atoms with Gasteiger partial charge in [0, 0.05) is 14.1 Å². The van der Waals surface area contributed by atoms with Crippen LogP contribution < -0.4 is 11.2 Å². The Morgan fingerprint density at radius 3 is 2.25 bits per heavy atom. The van der Waals surface area contributed by atoms with Gasteiger partial charge in [-0.25, -0.2) is 19.1 Å². The van der Waals surface area contributed by atoms with E-state index in [1.165, 1.54) is 30.1 Å². The summed E-state index contributed by atoms with van der Waals surface area (Å²) in [6.07, 6.45) is 1.37. The Morgan fingerprint density at radius 1 is 1.04 bits per heavy atom. The maximum absolute atomic E-state index is 12.6. The van der Waals surface area contributed by atoms with Gasteiger partial charge in [0.15, 0.2) is 11.2 Å². The lowest BCUT2D eigenvalue weighted by atomic mass is 10.1. The maximum Gasteiger partial charge on any atom is 0.353 e. The van der Waals surface area contributed by atoms with Crippen molar-refractivity contribution in [3.05, 3.63) is 62.6 Å². The van der Waals surface area contributed by atoms with Crippen LogP contribution in [-0.4, -0.2) is 41.5 Å². The lowest BCUT2D eigenvalue weighted by Crippen LogP contribution is -2.43. The second-order valence-corrected chi connectivity index (χ2v) is 6.17. The molecule has 0 atom stereocenters. The molecule has 28 heavy (non-hydrogen) atoms. The molecule has 0 saturated heterocycles. The fourth-order valence-electron chi connectivity index (χ4n) is 3.05. The van der Waals surface area contributed by atoms with E-state index in [0.717, 1.165) is 4.57 Å². The van der Waals surface area contributed by atoms with Gasteiger partial charge in [0.1, 0.15) is 6.54 Å². The first-order valence-corrected chi connectivity index (χ1v) is 8.10. The van der Waals surface area contributed by atoms with Gasteiger partial charge in [0.25, 0.3) is 17.4 Å². The molecule has 11 heteroatoms. The Hall–Kier alpha value is -4.02. The quantitative estimate of drug-likeness (QED) is 0.542. The second-order valence-electron chi connectivity index (χ2n) is 6.17. The summed E-state index contributed by atoms with van der Waals surface area (Å²) in [4.78, 5) is 70.6. The molecule has 2 aromatic heterocycles. The minimum Gasteiger partial charge on any atom is -0.328 e. The topological polar surface area (TPSA) is 126 Å². The number of imidazole rings is 1. The lowest BCUT2D eigenvalue weighted by molar-refractivity contribution is -0.169. The summed E-state index contributed by atoms with van der Waals surface area (Å²) in [6.45, 7) is -0.778. The van der Waals surface area contributed by atoms with Crippen LogP contribution in [0.1, 0.15) is 20.7 Å². The largest absolute Gasteiger partial charge is 0.353 e. The molecule has 0 unspecified atom stereocenters. The van der Waals surface area contributed by atoms with E-state index in [1.54, 1.807) is 19.2 Å². The smallest absolute Gasteiger partial charge is 0.328 e. The van der Waals surface area contributed by atoms with Crippen LogP contribution in [-0.2, 0) is 30.3 Å². The predicted octanol–water partition coefficient (Wildman–Crippen LogP) is -0.812. The number of nitrogens with zero attached hydrogens (tertiary/aromatic N) is 5. The van der Waals surface area contributed by atoms with Crippen molar-refractivity contribution in [1.82, 2.24) is 23.7 Å². The monoisotopic (exact) mass is 383 g/mol. The fourth-order valence-corrected chi connectivity index (χ4v) is 3.05. The second kappa shape index (κ2) is 6.01. The van der Waals surface area contributed by atoms with Crippen LogP contribution in [0.5, 0.6) is 0 Å². The molecule has 11 nitrogen and oxygen atoms in total. The van der Waals surface area contributed by atoms with Crippen molar-refractivity contribution in [3.63, 3.8) is 0 Å². The van der Waals surface area contributed by atoms with Crippen molar-refractivity contribution in [2.45, 2.75) is 6.54 Å². The molecule has 1 aromatic carbocycles. The highest BCUT2D eigenvalue weighted by Gasteiger charge is 2.38. The number of imide groups is 1. The summed E-state index contributed by atoms with van der Waals surface area (Å²) in [7, 11) is 2.98. The minimum atomic E-state index is -1.12. The van der Waals surface area contributed by atoms with Crippen LogP contribution in [0.3, 0.4) is 0 Å². The number of hydrogen-bond donors (Lipinski definition) is 0. The summed E-state index contributed by atoms with van der Waals surface area (Å²) >= 11 is 0. The third-order valence-corrected chi connectivity index (χ3v) is 4.44. The van der Waals surface area contributed by atoms with E-state index in [9.17, 15) is 24.0 Å². The molecule has 0 radical (unpaired) electrons. The van der Waals surface area contributed by atoms with E-state index in [1.807, 2.05) is 0 Å². The Labute approximate surface area is 155 Å². The number of carbonyl (C=O) groups is 3. The zero-order valence-corrected chi connectivity index (χ0v) is 14.8. The molecule has 4 rings (SSSR count). The molecule has 1 aliphatic heterocycles. The van der Waals surface area contributed by atoms with Gasteiger partial charge in [0.2, 0.25) is 0 Å². The molecule has 2 amide bonds. The summed E-state index contributed by atoms with van der Waals surface area (Å²) < 4.78 is 3.19. The first-order valence-electron chi connectivity index (χ1n) is 8.10. The van der Waals surface area contributed by atoms with Gasteiger partial charge in [-0.15, -0.1) is 0 Å². The zero-order chi connectivity index (χ0) is 20.2. The third kappa shape index (κ3) is 2.36. The molecule has 3 aromatic rings. The highest BCUT2D eigenvalue weighted by atomic mass is 16.7. The Morgan fingerprint density at radius 2 is 1.64 bits per heavy atom. The Kier molecular flexibility index (Phi) is 3.73. The van der Waals surface area contributed by atoms with Crippen LogP contribution in [0, 0.1) is 0 Å². The fraction of sp³-hybridized carbons (Fsp3) is 0.176. The zero-order valence-electron chi connectivity index (χ0n) is 14.8. The van der Waals surface area contributed by atoms with Crippen molar-refractivity contribution < 1.29 is 19.2 Å². The highest BCUT2D eigenvalue weighted by molar-refractivity contribution is 6.20. The van der Waals surface area contributed by atoms with E-state index in [4.69, 9.17) is 4.84 Å². The first-order chi connectivity index (χ1) is 13.3. The van der Waals surface area contributed by atoms with Crippen molar-refractivity contribution in [2.75, 3.05) is 0 Å². The van der Waals surface area contributed by atoms with Crippen molar-refractivity contribution >= 4 is 28.9 Å². The van der Waals surface area contributed by atoms with Crippen LogP contribution in [0.4, 0.5) is 0 Å². The van der Waals surface area contributed by atoms with Crippen LogP contribution in [0.25, 0.3) is 11.2 Å². The molecule has 0 bridgehead atoms. The Balaban J connectivity index is 1.65. The molecule has 0 N–H and O–H groups in total. The van der Waals surface area contributed by atoms with E-state index >= 15 is 0 Å². The molecule has 142 valence electrons. The van der Waals surface area contributed by atoms with Gasteiger partial charge in [0.05, 0.1) is 17.5 Å². The number of carbonyl (C=O) groups excluding carboxylic acids is 3. The SMILES string of the molecule is Cn1cnc2c1c(=O)n(CC(=O)ON1C(=O)c3ccccc3C1=O)c(=O)n2C. The molecule has 3 heterocycles. The summed E-state index contributed by atoms with van der Waals surface area (Å²) in [5.74, 6) is -2.71. The number of hydroxylamine groups is 2. The minimum absolute atomic E-state index is 0.102. The van der Waals surface area contributed by atoms with Gasteiger partial charge < -0.3 is 9.40 Å². The number of hydrogen-bond acceptors (Lipinski definition) is 7. The van der Waals surface area contributed by atoms with E-state index in [2.05, 4.69) is 4.98 Å². The molecular formula is C17H13N5O6. The number of fused-ring (bicyclic) bond motifs is 2. The number of amides is 2. The average Bonchev–Trinajstić information content (AvgIpc) is 3.18. The average molecular weight is 383 g/mol. The summed E-state index contributed by atoms with van der Waals surface area (Å²) in [6, 6.07) is 6.00. The summed E-state index contributed by atoms with van der Waals surface area (Å²) in [5.41, 5.74) is -1.03. The standard InChI is InChI=1S/C17H13N5O6/c1-19-8-18-13-12(19)16(26)21(17(27)20(13)2)7-11(23)28-22-14(24)9-5-3-4-6-10(9)15(22)25/h3-6,8H,7H2,1-2H3. The number of aromatic nitrogens is 4. The predicted molar refractivity (Wildman–Crippen MR) is 93.2 cm³/mol. The molecule has 0 saturated carbocycles. The van der Waals surface area contributed by atoms with Gasteiger partial charge >= 0.3 is 11.7 Å². The first kappa shape index (κ1) is 17.4. The van der Waals surface area contributed by atoms with Crippen molar-refractivity contribution in [3.8, 4) is 0 Å². The lowest BCUT2D eigenvalue weighted by Gasteiger charge is -2.13. The molecule has 0 spiro atoms. The van der Waals surface area contributed by atoms with Gasteiger partial charge in [-0.1, -0.05) is 17.2 Å². The van der Waals surface area contributed by atoms with Gasteiger partial charge in [-0.3, -0.25) is 19.0 Å². The van der Waals surface area contributed by atoms with Crippen LogP contribution in [0.15, 0.2) is 40.2 Å². The summed E-state index contributed by atoms with van der Waals surface area (Å²) in [5, 5.41) is 0.325. The maximum atomic E-state index is 12.6. The highest BCUT2D eigenvalue weighted by Crippen LogP contribution is 2.22. The van der Waals surface area contributed by atoms with E-state index < -0.39 is 35.6 Å². The van der Waals surface area contributed by atoms with Crippen LogP contribution in [0.2, 0.25) is 0 Å². The third-order valence-electron chi connectivity index (χ3n) is 4.44. The van der Waals surface area contributed by atoms with E-state index in [0.29, 0.717) is 9.63 Å². The normalized spacial score (nSPS) is 13.3. The van der Waals surface area contributed by atoms with Crippen molar-refractivity contribution in [2.24, 2.45) is 14.1 Å². The number of benzene rings is 1. The molecule has 0 aliphatic carbocycles.